The smallest absolute Gasteiger partial charge is 0.343 e. The quantitative estimate of drug-likeness (QED) is 0.0939. The number of carbonyl (C=O) groups is 2. The summed E-state index contributed by atoms with van der Waals surface area (Å²) in [5, 5.41) is 17.6. The molecule has 8 heteroatoms. The van der Waals surface area contributed by atoms with Gasteiger partial charge in [-0.05, 0) is 111 Å². The van der Waals surface area contributed by atoms with Crippen LogP contribution in [0.25, 0.3) is 0 Å². The highest BCUT2D eigenvalue weighted by Crippen LogP contribution is 2.21. The predicted octanol–water partition coefficient (Wildman–Crippen LogP) is 7.01. The fourth-order valence-electron chi connectivity index (χ4n) is 3.80. The lowest BCUT2D eigenvalue weighted by Gasteiger charge is -2.09. The second-order valence-electron chi connectivity index (χ2n) is 9.27. The Morgan fingerprint density at radius 2 is 0.786 bits per heavy atom. The summed E-state index contributed by atoms with van der Waals surface area (Å²) < 4.78 is 22.2. The minimum Gasteiger partial charge on any atom is -0.494 e. The Hall–Kier alpha value is -3.88. The number of aliphatic hydroxyl groups is 2. The molecule has 0 fully saturated rings. The van der Waals surface area contributed by atoms with Gasteiger partial charge in [0.2, 0.25) is 0 Å². The van der Waals surface area contributed by atoms with Crippen molar-refractivity contribution in [3.05, 3.63) is 83.9 Å². The van der Waals surface area contributed by atoms with Crippen molar-refractivity contribution < 1.29 is 38.7 Å². The molecule has 0 aliphatic rings. The molecule has 0 unspecified atom stereocenters. The van der Waals surface area contributed by atoms with Gasteiger partial charge in [0, 0.05) is 13.2 Å². The number of esters is 2. The Morgan fingerprint density at radius 1 is 0.476 bits per heavy atom. The summed E-state index contributed by atoms with van der Waals surface area (Å²) in [7, 11) is 0. The predicted molar refractivity (Wildman–Crippen MR) is 163 cm³/mol. The molecule has 0 saturated carbocycles. The maximum Gasteiger partial charge on any atom is 0.343 e. The molecule has 0 aliphatic heterocycles. The number of rotatable bonds is 18. The van der Waals surface area contributed by atoms with E-state index in [0.29, 0.717) is 47.3 Å². The molecule has 0 heterocycles. The number of aliphatic hydroxyl groups excluding tert-OH is 2. The lowest BCUT2D eigenvalue weighted by atomic mass is 10.2. The molecular weight excluding hydrogens is 536 g/mol. The zero-order chi connectivity index (χ0) is 30.4. The molecule has 3 aromatic carbocycles. The van der Waals surface area contributed by atoms with Gasteiger partial charge in [-0.25, -0.2) is 9.59 Å². The number of hydrogen-bond acceptors (Lipinski definition) is 8. The average molecular weight is 581 g/mol. The third kappa shape index (κ3) is 13.2. The fourth-order valence-corrected chi connectivity index (χ4v) is 3.80. The largest absolute Gasteiger partial charge is 0.494 e. The summed E-state index contributed by atoms with van der Waals surface area (Å²) in [6.07, 6.45) is 7.39. The molecule has 3 aromatic rings. The van der Waals surface area contributed by atoms with Crippen LogP contribution in [-0.4, -0.2) is 48.6 Å². The summed E-state index contributed by atoms with van der Waals surface area (Å²) in [4.78, 5) is 25.0. The fraction of sp³-hybridized carbons (Fsp3) is 0.412. The summed E-state index contributed by atoms with van der Waals surface area (Å²) in [5.74, 6) is 0.993. The van der Waals surface area contributed by atoms with E-state index in [0.717, 1.165) is 51.4 Å². The van der Waals surface area contributed by atoms with E-state index in [2.05, 4.69) is 0 Å². The number of ether oxygens (including phenoxy) is 4. The standard InChI is InChI=1S/C32H38O8.C2H6/c33-21-5-1-3-7-23-37-27-13-9-25(10-14-27)31(35)39-29-17-19-30(20-18-29)40-32(36)26-11-15-28(16-12-26)38-24-8-4-2-6-22-34;1-2/h9-20,33-34H,1-8,21-24H2;1-2H3. The Balaban J connectivity index is 0.00000301. The van der Waals surface area contributed by atoms with E-state index in [4.69, 9.17) is 29.2 Å². The minimum atomic E-state index is -0.507. The van der Waals surface area contributed by atoms with Crippen molar-refractivity contribution in [1.29, 1.82) is 0 Å². The molecule has 0 spiro atoms. The van der Waals surface area contributed by atoms with Crippen LogP contribution in [0.15, 0.2) is 72.8 Å². The molecule has 0 saturated heterocycles. The molecule has 0 aromatic heterocycles. The number of benzene rings is 3. The third-order valence-electron chi connectivity index (χ3n) is 6.07. The lowest BCUT2D eigenvalue weighted by Crippen LogP contribution is -2.09. The van der Waals surface area contributed by atoms with Crippen LogP contribution in [0.2, 0.25) is 0 Å². The topological polar surface area (TPSA) is 112 Å². The van der Waals surface area contributed by atoms with Crippen LogP contribution in [-0.2, 0) is 0 Å². The zero-order valence-corrected chi connectivity index (χ0v) is 24.8. The van der Waals surface area contributed by atoms with Crippen molar-refractivity contribution in [2.24, 2.45) is 0 Å². The Bertz CT molecular complexity index is 1050. The molecule has 0 atom stereocenters. The van der Waals surface area contributed by atoms with Crippen LogP contribution < -0.4 is 18.9 Å². The minimum absolute atomic E-state index is 0.219. The first kappa shape index (κ1) is 34.3. The van der Waals surface area contributed by atoms with E-state index in [1.54, 1.807) is 72.8 Å². The van der Waals surface area contributed by atoms with Gasteiger partial charge < -0.3 is 29.2 Å². The van der Waals surface area contributed by atoms with Gasteiger partial charge in [-0.1, -0.05) is 26.7 Å². The first-order valence-corrected chi connectivity index (χ1v) is 14.8. The van der Waals surface area contributed by atoms with Gasteiger partial charge in [-0.15, -0.1) is 0 Å². The molecule has 42 heavy (non-hydrogen) atoms. The summed E-state index contributed by atoms with van der Waals surface area (Å²) in [6, 6.07) is 19.8. The van der Waals surface area contributed by atoms with Gasteiger partial charge in [0.25, 0.3) is 0 Å². The van der Waals surface area contributed by atoms with Crippen LogP contribution in [0.4, 0.5) is 0 Å². The molecule has 8 nitrogen and oxygen atoms in total. The van der Waals surface area contributed by atoms with Crippen LogP contribution in [0.5, 0.6) is 23.0 Å². The molecular formula is C34H44O8. The summed E-state index contributed by atoms with van der Waals surface area (Å²) >= 11 is 0. The normalized spacial score (nSPS) is 10.3. The maximum absolute atomic E-state index is 12.5. The molecule has 0 aliphatic carbocycles. The van der Waals surface area contributed by atoms with Crippen molar-refractivity contribution in [2.75, 3.05) is 26.4 Å². The van der Waals surface area contributed by atoms with Gasteiger partial charge in [0.15, 0.2) is 0 Å². The second kappa shape index (κ2) is 20.9. The first-order valence-electron chi connectivity index (χ1n) is 14.8. The Labute approximate surface area is 249 Å². The van der Waals surface area contributed by atoms with Crippen LogP contribution in [0.1, 0.15) is 85.9 Å². The van der Waals surface area contributed by atoms with Gasteiger partial charge >= 0.3 is 11.9 Å². The molecule has 0 bridgehead atoms. The second-order valence-corrected chi connectivity index (χ2v) is 9.27. The Morgan fingerprint density at radius 3 is 1.12 bits per heavy atom. The van der Waals surface area contributed by atoms with Crippen LogP contribution >= 0.6 is 0 Å². The highest BCUT2D eigenvalue weighted by Gasteiger charge is 2.12. The van der Waals surface area contributed by atoms with Gasteiger partial charge in [-0.3, -0.25) is 0 Å². The zero-order valence-electron chi connectivity index (χ0n) is 24.8. The Kier molecular flexibility index (Phi) is 17.1. The van der Waals surface area contributed by atoms with E-state index in [-0.39, 0.29) is 13.2 Å². The third-order valence-corrected chi connectivity index (χ3v) is 6.07. The molecule has 0 radical (unpaired) electrons. The van der Waals surface area contributed by atoms with Crippen molar-refractivity contribution >= 4 is 11.9 Å². The highest BCUT2D eigenvalue weighted by atomic mass is 16.5. The van der Waals surface area contributed by atoms with E-state index in [9.17, 15) is 9.59 Å². The summed E-state index contributed by atoms with van der Waals surface area (Å²) in [6.45, 7) is 5.60. The molecule has 0 amide bonds. The number of carbonyl (C=O) groups excluding carboxylic acids is 2. The van der Waals surface area contributed by atoms with Gasteiger partial charge in [0.1, 0.15) is 23.0 Å². The molecule has 228 valence electrons. The maximum atomic E-state index is 12.5. The van der Waals surface area contributed by atoms with Crippen molar-refractivity contribution in [1.82, 2.24) is 0 Å². The van der Waals surface area contributed by atoms with E-state index in [1.165, 1.54) is 0 Å². The van der Waals surface area contributed by atoms with Crippen LogP contribution in [0.3, 0.4) is 0 Å². The lowest BCUT2D eigenvalue weighted by molar-refractivity contribution is 0.0719. The van der Waals surface area contributed by atoms with Crippen LogP contribution in [0, 0.1) is 0 Å². The van der Waals surface area contributed by atoms with Crippen molar-refractivity contribution in [2.45, 2.75) is 65.2 Å². The van der Waals surface area contributed by atoms with Gasteiger partial charge in [0.05, 0.1) is 24.3 Å². The average Bonchev–Trinajstić information content (AvgIpc) is 3.03. The van der Waals surface area contributed by atoms with Crippen molar-refractivity contribution in [3.63, 3.8) is 0 Å². The molecule has 2 N–H and O–H groups in total. The first-order chi connectivity index (χ1) is 20.6. The van der Waals surface area contributed by atoms with Crippen molar-refractivity contribution in [3.8, 4) is 23.0 Å². The van der Waals surface area contributed by atoms with E-state index < -0.39 is 11.9 Å². The SMILES string of the molecule is CC.O=C(Oc1ccc(OC(=O)c2ccc(OCCCCCCO)cc2)cc1)c1ccc(OCCCCCCO)cc1. The number of unbranched alkanes of at least 4 members (excludes halogenated alkanes) is 6. The highest BCUT2D eigenvalue weighted by molar-refractivity contribution is 5.92. The summed E-state index contributed by atoms with van der Waals surface area (Å²) in [5.41, 5.74) is 0.778. The molecule has 3 rings (SSSR count). The van der Waals surface area contributed by atoms with E-state index in [1.807, 2.05) is 13.8 Å². The number of hydrogen-bond donors (Lipinski definition) is 2. The van der Waals surface area contributed by atoms with E-state index >= 15 is 0 Å². The monoisotopic (exact) mass is 580 g/mol. The van der Waals surface area contributed by atoms with Gasteiger partial charge in [-0.2, -0.15) is 0 Å².